The molecule has 0 fully saturated rings. The largest absolute Gasteiger partial charge is 0.375 e. The van der Waals surface area contributed by atoms with Gasteiger partial charge >= 0.3 is 0 Å². The van der Waals surface area contributed by atoms with E-state index >= 15 is 0 Å². The van der Waals surface area contributed by atoms with Gasteiger partial charge in [0.15, 0.2) is 5.34 Å². The van der Waals surface area contributed by atoms with Crippen LogP contribution in [0.15, 0.2) is 60.7 Å². The van der Waals surface area contributed by atoms with Crippen LogP contribution < -0.4 is 5.30 Å². The maximum absolute atomic E-state index is 12.5. The summed E-state index contributed by atoms with van der Waals surface area (Å²) < 4.78 is 12.5. The van der Waals surface area contributed by atoms with Crippen molar-refractivity contribution in [1.29, 1.82) is 0 Å². The van der Waals surface area contributed by atoms with Gasteiger partial charge in [-0.1, -0.05) is 48.5 Å². The molecule has 4 heteroatoms. The second-order valence-electron chi connectivity index (χ2n) is 4.30. The molecule has 18 heavy (non-hydrogen) atoms. The van der Waals surface area contributed by atoms with E-state index in [1.807, 2.05) is 0 Å². The zero-order chi connectivity index (χ0) is 13.2. The molecule has 2 aromatic carbocycles. The summed E-state index contributed by atoms with van der Waals surface area (Å²) in [5.41, 5.74) is 0.430. The maximum atomic E-state index is 12.5. The van der Waals surface area contributed by atoms with Gasteiger partial charge in [-0.2, -0.15) is 0 Å². The fraction of sp³-hybridized carbons (Fsp3) is 0.143. The van der Waals surface area contributed by atoms with Gasteiger partial charge in [-0.15, -0.1) is 0 Å². The molecule has 0 aromatic heterocycles. The van der Waals surface area contributed by atoms with E-state index in [1.165, 1.54) is 6.92 Å². The molecule has 0 radical (unpaired) electrons. The molecule has 0 spiro atoms. The first kappa shape index (κ1) is 13.0. The van der Waals surface area contributed by atoms with Crippen molar-refractivity contribution < 1.29 is 14.6 Å². The molecule has 2 unspecified atom stereocenters. The number of aliphatic hydroxyl groups is 1. The topological polar surface area (TPSA) is 57.5 Å². The van der Waals surface area contributed by atoms with Crippen LogP contribution in [0, 0.1) is 0 Å². The van der Waals surface area contributed by atoms with E-state index in [-0.39, 0.29) is 5.30 Å². The van der Waals surface area contributed by atoms with Crippen LogP contribution in [0.2, 0.25) is 0 Å². The van der Waals surface area contributed by atoms with Gasteiger partial charge in [0.2, 0.25) is 0 Å². The van der Waals surface area contributed by atoms with Crippen LogP contribution in [-0.4, -0.2) is 10.00 Å². The monoisotopic (exact) mass is 262 g/mol. The molecule has 0 aliphatic rings. The van der Waals surface area contributed by atoms with Gasteiger partial charge in [0.25, 0.3) is 7.37 Å². The van der Waals surface area contributed by atoms with Crippen LogP contribution in [0.4, 0.5) is 0 Å². The van der Waals surface area contributed by atoms with Crippen molar-refractivity contribution in [3.05, 3.63) is 66.2 Å². The molecule has 0 saturated carbocycles. The SMILES string of the molecule is CC(O)(c1ccccc1)P(=O)(O)c1ccccc1. The predicted octanol–water partition coefficient (Wildman–Crippen LogP) is 2.45. The molecule has 94 valence electrons. The molecule has 0 aliphatic heterocycles. The number of rotatable bonds is 3. The summed E-state index contributed by atoms with van der Waals surface area (Å²) in [5, 5.41) is 8.91. The number of hydrogen-bond donors (Lipinski definition) is 2. The Balaban J connectivity index is 2.51. The van der Waals surface area contributed by atoms with E-state index in [4.69, 9.17) is 0 Å². The van der Waals surface area contributed by atoms with Crippen molar-refractivity contribution in [3.63, 3.8) is 0 Å². The van der Waals surface area contributed by atoms with E-state index in [0.29, 0.717) is 5.56 Å². The summed E-state index contributed by atoms with van der Waals surface area (Å²) in [7, 11) is -3.91. The van der Waals surface area contributed by atoms with E-state index in [9.17, 15) is 14.6 Å². The van der Waals surface area contributed by atoms with Crippen molar-refractivity contribution in [2.75, 3.05) is 0 Å². The first-order valence-corrected chi connectivity index (χ1v) is 7.28. The summed E-state index contributed by atoms with van der Waals surface area (Å²) in [5.74, 6) is 0. The van der Waals surface area contributed by atoms with Gasteiger partial charge in [-0.25, -0.2) is 0 Å². The summed E-state index contributed by atoms with van der Waals surface area (Å²) in [6.45, 7) is 1.37. The second kappa shape index (κ2) is 4.69. The van der Waals surface area contributed by atoms with Gasteiger partial charge < -0.3 is 10.00 Å². The Labute approximate surface area is 106 Å². The first-order chi connectivity index (χ1) is 8.46. The number of hydrogen-bond acceptors (Lipinski definition) is 2. The smallest absolute Gasteiger partial charge is 0.264 e. The molecule has 2 rings (SSSR count). The summed E-state index contributed by atoms with van der Waals surface area (Å²) in [4.78, 5) is 10.3. The van der Waals surface area contributed by atoms with Crippen molar-refractivity contribution in [2.24, 2.45) is 0 Å². The molecule has 3 nitrogen and oxygen atoms in total. The van der Waals surface area contributed by atoms with Gasteiger partial charge in [0.1, 0.15) is 0 Å². The fourth-order valence-electron chi connectivity index (χ4n) is 1.81. The Hall–Kier alpha value is -1.41. The minimum atomic E-state index is -3.91. The van der Waals surface area contributed by atoms with Crippen molar-refractivity contribution in [3.8, 4) is 0 Å². The molecular formula is C14H15O3P. The Morgan fingerprint density at radius 3 is 1.89 bits per heavy atom. The third-order valence-electron chi connectivity index (χ3n) is 3.02. The molecule has 2 atom stereocenters. The lowest BCUT2D eigenvalue weighted by atomic mass is 10.1. The molecule has 2 N–H and O–H groups in total. The van der Waals surface area contributed by atoms with E-state index < -0.39 is 12.7 Å². The second-order valence-corrected chi connectivity index (χ2v) is 6.84. The fourth-order valence-corrected chi connectivity index (χ4v) is 3.39. The standard InChI is InChI=1S/C14H15O3P/c1-14(15,12-8-4-2-5-9-12)18(16,17)13-10-6-3-7-11-13/h2-11,15H,1H3,(H,16,17). The quantitative estimate of drug-likeness (QED) is 0.835. The molecular weight excluding hydrogens is 247 g/mol. The normalized spacial score (nSPS) is 17.7. The highest BCUT2D eigenvalue weighted by Crippen LogP contribution is 2.57. The van der Waals surface area contributed by atoms with Gasteiger partial charge in [-0.3, -0.25) is 4.57 Å². The van der Waals surface area contributed by atoms with Crippen LogP contribution in [0.3, 0.4) is 0 Å². The molecule has 0 aliphatic carbocycles. The average Bonchev–Trinajstić information content (AvgIpc) is 2.40. The molecule has 0 saturated heterocycles. The first-order valence-electron chi connectivity index (χ1n) is 5.62. The van der Waals surface area contributed by atoms with Crippen LogP contribution in [0.5, 0.6) is 0 Å². The van der Waals surface area contributed by atoms with Gasteiger partial charge in [0, 0.05) is 5.30 Å². The summed E-state index contributed by atoms with van der Waals surface area (Å²) in [6, 6.07) is 16.8. The Bertz CT molecular complexity index is 564. The zero-order valence-corrected chi connectivity index (χ0v) is 10.9. The van der Waals surface area contributed by atoms with Gasteiger partial charge in [0.05, 0.1) is 0 Å². The van der Waals surface area contributed by atoms with E-state index in [1.54, 1.807) is 60.7 Å². The third kappa shape index (κ3) is 2.13. The lowest BCUT2D eigenvalue weighted by Crippen LogP contribution is -2.27. The lowest BCUT2D eigenvalue weighted by molar-refractivity contribution is 0.131. The van der Waals surface area contributed by atoms with Crippen LogP contribution in [-0.2, 0) is 9.91 Å². The van der Waals surface area contributed by atoms with E-state index in [0.717, 1.165) is 0 Å². The Morgan fingerprint density at radius 1 is 0.944 bits per heavy atom. The highest BCUT2D eigenvalue weighted by atomic mass is 31.2. The molecule has 0 bridgehead atoms. The minimum absolute atomic E-state index is 0.249. The van der Waals surface area contributed by atoms with Crippen molar-refractivity contribution >= 4 is 12.7 Å². The predicted molar refractivity (Wildman–Crippen MR) is 71.9 cm³/mol. The molecule has 0 heterocycles. The average molecular weight is 262 g/mol. The van der Waals surface area contributed by atoms with Gasteiger partial charge in [-0.05, 0) is 24.6 Å². The van der Waals surface area contributed by atoms with Crippen LogP contribution in [0.25, 0.3) is 0 Å². The van der Waals surface area contributed by atoms with Crippen LogP contribution >= 0.6 is 7.37 Å². The Kier molecular flexibility index (Phi) is 3.40. The lowest BCUT2D eigenvalue weighted by Gasteiger charge is -2.29. The maximum Gasteiger partial charge on any atom is 0.264 e. The highest BCUT2D eigenvalue weighted by Gasteiger charge is 2.44. The Morgan fingerprint density at radius 2 is 1.39 bits per heavy atom. The zero-order valence-electron chi connectivity index (χ0n) is 10.0. The van der Waals surface area contributed by atoms with Crippen molar-refractivity contribution in [1.82, 2.24) is 0 Å². The third-order valence-corrected chi connectivity index (χ3v) is 5.45. The van der Waals surface area contributed by atoms with E-state index in [2.05, 4.69) is 0 Å². The molecule has 2 aromatic rings. The van der Waals surface area contributed by atoms with Crippen molar-refractivity contribution in [2.45, 2.75) is 12.3 Å². The van der Waals surface area contributed by atoms with Crippen LogP contribution in [0.1, 0.15) is 12.5 Å². The molecule has 0 amide bonds. The summed E-state index contributed by atoms with van der Waals surface area (Å²) >= 11 is 0. The highest BCUT2D eigenvalue weighted by molar-refractivity contribution is 7.66. The summed E-state index contributed by atoms with van der Waals surface area (Å²) in [6.07, 6.45) is 0. The number of benzene rings is 2. The minimum Gasteiger partial charge on any atom is -0.375 e.